The Bertz CT molecular complexity index is 91.1. The average molecular weight is 202 g/mol. The first-order chi connectivity index (χ1) is 6.35. The van der Waals surface area contributed by atoms with Crippen LogP contribution in [-0.2, 0) is 0 Å². The lowest BCUT2D eigenvalue weighted by Gasteiger charge is -2.13. The van der Waals surface area contributed by atoms with Gasteiger partial charge in [-0.25, -0.2) is 0 Å². The van der Waals surface area contributed by atoms with Crippen molar-refractivity contribution in [3.05, 3.63) is 0 Å². The first kappa shape index (κ1) is 13.4. The van der Waals surface area contributed by atoms with E-state index in [1.54, 1.807) is 0 Å². The van der Waals surface area contributed by atoms with Crippen LogP contribution in [0.3, 0.4) is 0 Å². The predicted octanol–water partition coefficient (Wildman–Crippen LogP) is 4.64. The third-order valence-corrected chi connectivity index (χ3v) is 3.43. The Morgan fingerprint density at radius 1 is 0.846 bits per heavy atom. The molecule has 0 aromatic heterocycles. The Morgan fingerprint density at radius 2 is 1.46 bits per heavy atom. The van der Waals surface area contributed by atoms with Crippen LogP contribution in [0.25, 0.3) is 0 Å². The van der Waals surface area contributed by atoms with Crippen molar-refractivity contribution >= 4 is 9.24 Å². The quantitative estimate of drug-likeness (QED) is 0.377. The fourth-order valence-electron chi connectivity index (χ4n) is 1.73. The van der Waals surface area contributed by atoms with Crippen LogP contribution in [0.4, 0.5) is 0 Å². The molecule has 0 aliphatic carbocycles. The lowest BCUT2D eigenvalue weighted by molar-refractivity contribution is 0.451. The van der Waals surface area contributed by atoms with E-state index >= 15 is 0 Å². The minimum atomic E-state index is 0.988. The predicted molar refractivity (Wildman–Crippen MR) is 66.4 cm³/mol. The second-order valence-electron chi connectivity index (χ2n) is 4.09. The lowest BCUT2D eigenvalue weighted by atomic mass is 9.97. The molecule has 1 heteroatoms. The Hall–Kier alpha value is 0.430. The van der Waals surface area contributed by atoms with Gasteiger partial charge in [-0.2, -0.15) is 0 Å². The second kappa shape index (κ2) is 10.5. The second-order valence-corrected chi connectivity index (χ2v) is 4.56. The fourth-order valence-corrected chi connectivity index (χ4v) is 2.20. The van der Waals surface area contributed by atoms with Gasteiger partial charge in [-0.1, -0.05) is 65.2 Å². The van der Waals surface area contributed by atoms with Gasteiger partial charge >= 0.3 is 0 Å². The van der Waals surface area contributed by atoms with Crippen molar-refractivity contribution in [3.63, 3.8) is 0 Å². The first-order valence-electron chi connectivity index (χ1n) is 6.05. The largest absolute Gasteiger partial charge is 0.137 e. The molecule has 0 aromatic carbocycles. The van der Waals surface area contributed by atoms with Crippen molar-refractivity contribution in [1.82, 2.24) is 0 Å². The summed E-state index contributed by atoms with van der Waals surface area (Å²) in [5.74, 6) is 0.988. The van der Waals surface area contributed by atoms with Gasteiger partial charge in [0.25, 0.3) is 0 Å². The van der Waals surface area contributed by atoms with E-state index < -0.39 is 0 Å². The van der Waals surface area contributed by atoms with E-state index in [0.29, 0.717) is 0 Å². The Morgan fingerprint density at radius 3 is 2.00 bits per heavy atom. The van der Waals surface area contributed by atoms with Gasteiger partial charge in [0.15, 0.2) is 0 Å². The van der Waals surface area contributed by atoms with Crippen molar-refractivity contribution in [3.8, 4) is 0 Å². The molecular formula is C12H27P. The minimum Gasteiger partial charge on any atom is -0.137 e. The molecule has 0 rings (SSSR count). The summed E-state index contributed by atoms with van der Waals surface area (Å²) in [6, 6.07) is 0. The fraction of sp³-hybridized carbons (Fsp3) is 1.00. The van der Waals surface area contributed by atoms with Gasteiger partial charge in [0.1, 0.15) is 0 Å². The molecule has 13 heavy (non-hydrogen) atoms. The molecule has 0 aliphatic rings. The van der Waals surface area contributed by atoms with Crippen LogP contribution in [0.5, 0.6) is 0 Å². The summed E-state index contributed by atoms with van der Waals surface area (Å²) in [5.41, 5.74) is 0. The molecule has 0 spiro atoms. The summed E-state index contributed by atoms with van der Waals surface area (Å²) in [6.07, 6.45) is 12.7. The molecule has 0 bridgehead atoms. The molecule has 0 fully saturated rings. The highest BCUT2D eigenvalue weighted by molar-refractivity contribution is 7.16. The van der Waals surface area contributed by atoms with E-state index in [4.69, 9.17) is 0 Å². The highest BCUT2D eigenvalue weighted by Gasteiger charge is 2.04. The lowest BCUT2D eigenvalue weighted by Crippen LogP contribution is -2.01. The van der Waals surface area contributed by atoms with Gasteiger partial charge in [0.05, 0.1) is 0 Å². The van der Waals surface area contributed by atoms with Gasteiger partial charge in [-0.05, 0) is 12.1 Å². The topological polar surface area (TPSA) is 0 Å². The smallest absolute Gasteiger partial charge is 0.0353 e. The van der Waals surface area contributed by atoms with Crippen molar-refractivity contribution in [2.75, 3.05) is 6.16 Å². The van der Waals surface area contributed by atoms with Crippen LogP contribution < -0.4 is 0 Å². The van der Waals surface area contributed by atoms with Crippen LogP contribution in [0.2, 0.25) is 0 Å². The van der Waals surface area contributed by atoms with Gasteiger partial charge in [-0.15, -0.1) is 9.24 Å². The molecule has 2 unspecified atom stereocenters. The van der Waals surface area contributed by atoms with E-state index in [0.717, 1.165) is 5.92 Å². The van der Waals surface area contributed by atoms with Crippen LogP contribution in [0, 0.1) is 5.92 Å². The zero-order valence-electron chi connectivity index (χ0n) is 9.52. The molecule has 80 valence electrons. The van der Waals surface area contributed by atoms with E-state index in [-0.39, 0.29) is 0 Å². The van der Waals surface area contributed by atoms with Crippen LogP contribution in [0.1, 0.15) is 65.2 Å². The maximum absolute atomic E-state index is 2.91. The zero-order chi connectivity index (χ0) is 9.94. The molecule has 0 amide bonds. The van der Waals surface area contributed by atoms with Crippen molar-refractivity contribution < 1.29 is 0 Å². The highest BCUT2D eigenvalue weighted by Crippen LogP contribution is 2.19. The standard InChI is InChI=1S/C12H27P/c1-3-5-7-8-10-12(11-13)9-6-4-2/h12H,3-11,13H2,1-2H3. The molecule has 0 saturated carbocycles. The van der Waals surface area contributed by atoms with Gasteiger partial charge in [0, 0.05) is 0 Å². The normalized spacial score (nSPS) is 13.2. The molecule has 2 atom stereocenters. The monoisotopic (exact) mass is 202 g/mol. The molecule has 0 radical (unpaired) electrons. The maximum atomic E-state index is 2.91. The molecule has 0 aliphatic heterocycles. The van der Waals surface area contributed by atoms with Crippen molar-refractivity contribution in [2.24, 2.45) is 5.92 Å². The minimum absolute atomic E-state index is 0.988. The van der Waals surface area contributed by atoms with E-state index in [2.05, 4.69) is 23.1 Å². The summed E-state index contributed by atoms with van der Waals surface area (Å²) < 4.78 is 0. The molecule has 0 saturated heterocycles. The third-order valence-electron chi connectivity index (χ3n) is 2.77. The van der Waals surface area contributed by atoms with Crippen molar-refractivity contribution in [1.29, 1.82) is 0 Å². The summed E-state index contributed by atoms with van der Waals surface area (Å²) >= 11 is 0. The maximum Gasteiger partial charge on any atom is -0.0353 e. The molecular weight excluding hydrogens is 175 g/mol. The van der Waals surface area contributed by atoms with E-state index in [1.165, 1.54) is 57.5 Å². The summed E-state index contributed by atoms with van der Waals surface area (Å²) in [6.45, 7) is 4.57. The Kier molecular flexibility index (Phi) is 10.9. The van der Waals surface area contributed by atoms with Crippen molar-refractivity contribution in [2.45, 2.75) is 65.2 Å². The van der Waals surface area contributed by atoms with Gasteiger partial charge in [0.2, 0.25) is 0 Å². The Balaban J connectivity index is 3.25. The molecule has 0 heterocycles. The van der Waals surface area contributed by atoms with Crippen LogP contribution in [-0.4, -0.2) is 6.16 Å². The highest BCUT2D eigenvalue weighted by atomic mass is 31.0. The number of rotatable bonds is 9. The average Bonchev–Trinajstić information content (AvgIpc) is 2.17. The summed E-state index contributed by atoms with van der Waals surface area (Å²) in [5, 5.41) is 0. The van der Waals surface area contributed by atoms with E-state index in [9.17, 15) is 0 Å². The summed E-state index contributed by atoms with van der Waals surface area (Å²) in [4.78, 5) is 0. The zero-order valence-corrected chi connectivity index (χ0v) is 10.7. The molecule has 0 N–H and O–H groups in total. The van der Waals surface area contributed by atoms with Gasteiger partial charge < -0.3 is 0 Å². The first-order valence-corrected chi connectivity index (χ1v) is 6.86. The van der Waals surface area contributed by atoms with Crippen LogP contribution >= 0.6 is 9.24 Å². The number of unbranched alkanes of at least 4 members (excludes halogenated alkanes) is 4. The van der Waals surface area contributed by atoms with E-state index in [1.807, 2.05) is 0 Å². The van der Waals surface area contributed by atoms with Crippen LogP contribution in [0.15, 0.2) is 0 Å². The van der Waals surface area contributed by atoms with Gasteiger partial charge in [-0.3, -0.25) is 0 Å². The number of hydrogen-bond donors (Lipinski definition) is 0. The SMILES string of the molecule is CCCCCCC(CP)CCCC. The molecule has 0 aromatic rings. The number of hydrogen-bond acceptors (Lipinski definition) is 0. The molecule has 0 nitrogen and oxygen atoms in total. The third kappa shape index (κ3) is 8.75. The summed E-state index contributed by atoms with van der Waals surface area (Å²) in [7, 11) is 2.91. The Labute approximate surface area is 87.1 Å².